The van der Waals surface area contributed by atoms with Gasteiger partial charge in [0.25, 0.3) is 11.6 Å². The number of rotatable bonds is 7. The third-order valence-electron chi connectivity index (χ3n) is 3.01. The molecule has 9 heteroatoms. The Kier molecular flexibility index (Phi) is 5.88. The average Bonchev–Trinajstić information content (AvgIpc) is 2.61. The molecule has 2 rings (SSSR count). The molecule has 1 amide bonds. The molecule has 0 aliphatic rings. The summed E-state index contributed by atoms with van der Waals surface area (Å²) in [6.45, 7) is -0.261. The number of hydrazone groups is 1. The number of nitro benzene ring substituents is 1. The molecule has 0 radical (unpaired) electrons. The molecule has 0 atom stereocenters. The van der Waals surface area contributed by atoms with E-state index < -0.39 is 22.3 Å². The van der Waals surface area contributed by atoms with Crippen molar-refractivity contribution in [3.05, 3.63) is 58.1 Å². The quantitative estimate of drug-likeness (QED) is 0.457. The molecule has 2 aromatic rings. The third kappa shape index (κ3) is 5.20. The zero-order valence-electron chi connectivity index (χ0n) is 13.2. The molecule has 0 aliphatic carbocycles. The standard InChI is InChI=1S/C16H15N3O6/c1-24-12-3-5-13(6-4-12)25-10-16(21)18-17-9-11-2-7-15(20)14(8-11)19(22)23/h2-9,20H,10H2,1H3,(H,18,21)/p-1/b17-9-. The molecule has 0 unspecified atom stereocenters. The van der Waals surface area contributed by atoms with Crippen LogP contribution in [-0.4, -0.2) is 30.8 Å². The molecule has 1 N–H and O–H groups in total. The van der Waals surface area contributed by atoms with E-state index >= 15 is 0 Å². The van der Waals surface area contributed by atoms with Crippen LogP contribution in [0.5, 0.6) is 17.2 Å². The molecule has 130 valence electrons. The fourth-order valence-electron chi connectivity index (χ4n) is 1.79. The van der Waals surface area contributed by atoms with Crippen LogP contribution in [0.4, 0.5) is 5.69 Å². The minimum Gasteiger partial charge on any atom is -0.868 e. The van der Waals surface area contributed by atoms with Crippen LogP contribution in [0.2, 0.25) is 0 Å². The number of benzene rings is 2. The number of carbonyl (C=O) groups excluding carboxylic acids is 1. The van der Waals surface area contributed by atoms with E-state index in [0.29, 0.717) is 17.1 Å². The Balaban J connectivity index is 1.85. The molecule has 9 nitrogen and oxygen atoms in total. The first-order chi connectivity index (χ1) is 12.0. The van der Waals surface area contributed by atoms with Crippen LogP contribution in [0.3, 0.4) is 0 Å². The van der Waals surface area contributed by atoms with Gasteiger partial charge in [-0.05, 0) is 30.0 Å². The highest BCUT2D eigenvalue weighted by Gasteiger charge is 2.07. The van der Waals surface area contributed by atoms with Gasteiger partial charge in [-0.2, -0.15) is 5.10 Å². The maximum atomic E-state index is 11.6. The number of nitrogens with one attached hydrogen (secondary N) is 1. The van der Waals surface area contributed by atoms with Gasteiger partial charge in [0, 0.05) is 11.6 Å². The number of amides is 1. The van der Waals surface area contributed by atoms with E-state index in [0.717, 1.165) is 12.1 Å². The van der Waals surface area contributed by atoms with Gasteiger partial charge in [-0.3, -0.25) is 14.9 Å². The van der Waals surface area contributed by atoms with E-state index in [1.54, 1.807) is 31.4 Å². The average molecular weight is 344 g/mol. The first-order valence-corrected chi connectivity index (χ1v) is 7.04. The summed E-state index contributed by atoms with van der Waals surface area (Å²) < 4.78 is 10.3. The molecule has 0 spiro atoms. The van der Waals surface area contributed by atoms with Crippen molar-refractivity contribution in [2.24, 2.45) is 5.10 Å². The largest absolute Gasteiger partial charge is 0.868 e. The van der Waals surface area contributed by atoms with E-state index in [2.05, 4.69) is 10.5 Å². The van der Waals surface area contributed by atoms with Gasteiger partial charge in [0.2, 0.25) is 0 Å². The number of hydrogen-bond acceptors (Lipinski definition) is 7. The minimum absolute atomic E-state index is 0.261. The lowest BCUT2D eigenvalue weighted by Gasteiger charge is -2.06. The second kappa shape index (κ2) is 8.29. The van der Waals surface area contributed by atoms with Crippen LogP contribution >= 0.6 is 0 Å². The third-order valence-corrected chi connectivity index (χ3v) is 3.01. The van der Waals surface area contributed by atoms with Crippen molar-refractivity contribution in [3.63, 3.8) is 0 Å². The normalized spacial score (nSPS) is 10.4. The maximum Gasteiger partial charge on any atom is 0.277 e. The van der Waals surface area contributed by atoms with Crippen molar-refractivity contribution in [3.8, 4) is 17.2 Å². The van der Waals surface area contributed by atoms with Gasteiger partial charge in [-0.25, -0.2) is 5.43 Å². The van der Waals surface area contributed by atoms with Crippen LogP contribution in [0, 0.1) is 10.1 Å². The minimum atomic E-state index is -0.777. The number of ether oxygens (including phenoxy) is 2. The highest BCUT2D eigenvalue weighted by Crippen LogP contribution is 2.22. The zero-order valence-corrected chi connectivity index (χ0v) is 13.2. The van der Waals surface area contributed by atoms with Crippen molar-refractivity contribution in [1.82, 2.24) is 5.43 Å². The van der Waals surface area contributed by atoms with Crippen molar-refractivity contribution in [2.45, 2.75) is 0 Å². The topological polar surface area (TPSA) is 126 Å². The van der Waals surface area contributed by atoms with Crippen LogP contribution < -0.4 is 20.0 Å². The molecule has 0 bridgehead atoms. The Labute approximate surface area is 142 Å². The van der Waals surface area contributed by atoms with E-state index in [-0.39, 0.29) is 6.61 Å². The Morgan fingerprint density at radius 1 is 1.24 bits per heavy atom. The highest BCUT2D eigenvalue weighted by molar-refractivity contribution is 5.84. The van der Waals surface area contributed by atoms with E-state index in [1.807, 2.05) is 0 Å². The molecule has 0 saturated heterocycles. The van der Waals surface area contributed by atoms with Gasteiger partial charge in [-0.15, -0.1) is 0 Å². The Bertz CT molecular complexity index is 789. The van der Waals surface area contributed by atoms with Gasteiger partial charge < -0.3 is 14.6 Å². The molecule has 0 saturated carbocycles. The molecule has 25 heavy (non-hydrogen) atoms. The molecule has 0 heterocycles. The molecule has 0 aliphatic heterocycles. The van der Waals surface area contributed by atoms with Gasteiger partial charge >= 0.3 is 0 Å². The molecule has 0 aromatic heterocycles. The van der Waals surface area contributed by atoms with Crippen LogP contribution in [0.15, 0.2) is 47.6 Å². The summed E-state index contributed by atoms with van der Waals surface area (Å²) in [6, 6.07) is 10.2. The Morgan fingerprint density at radius 3 is 2.56 bits per heavy atom. The predicted octanol–water partition coefficient (Wildman–Crippen LogP) is 1.21. The van der Waals surface area contributed by atoms with E-state index in [1.165, 1.54) is 12.3 Å². The lowest BCUT2D eigenvalue weighted by atomic mass is 10.2. The van der Waals surface area contributed by atoms with Gasteiger partial charge in [0.15, 0.2) is 6.61 Å². The first-order valence-electron chi connectivity index (χ1n) is 7.04. The number of nitro groups is 1. The Morgan fingerprint density at radius 2 is 1.92 bits per heavy atom. The maximum absolute atomic E-state index is 11.6. The smallest absolute Gasteiger partial charge is 0.277 e. The summed E-state index contributed by atoms with van der Waals surface area (Å²) in [5, 5.41) is 25.6. The number of methoxy groups -OCH3 is 1. The van der Waals surface area contributed by atoms with Crippen LogP contribution in [-0.2, 0) is 4.79 Å². The van der Waals surface area contributed by atoms with Crippen molar-refractivity contribution >= 4 is 17.8 Å². The van der Waals surface area contributed by atoms with Crippen LogP contribution in [0.25, 0.3) is 0 Å². The summed E-state index contributed by atoms with van der Waals surface area (Å²) in [4.78, 5) is 21.5. The number of nitrogens with zero attached hydrogens (tertiary/aromatic N) is 2. The second-order valence-electron chi connectivity index (χ2n) is 4.74. The summed E-state index contributed by atoms with van der Waals surface area (Å²) in [5.41, 5.74) is 1.97. The zero-order chi connectivity index (χ0) is 18.2. The van der Waals surface area contributed by atoms with Crippen LogP contribution in [0.1, 0.15) is 5.56 Å². The Hall–Kier alpha value is -3.62. The summed E-state index contributed by atoms with van der Waals surface area (Å²) in [6.07, 6.45) is 1.19. The van der Waals surface area contributed by atoms with Crippen molar-refractivity contribution < 1.29 is 24.3 Å². The van der Waals surface area contributed by atoms with E-state index in [4.69, 9.17) is 9.47 Å². The van der Waals surface area contributed by atoms with Gasteiger partial charge in [-0.1, -0.05) is 12.1 Å². The van der Waals surface area contributed by atoms with Gasteiger partial charge in [0.05, 0.1) is 18.2 Å². The van der Waals surface area contributed by atoms with Crippen molar-refractivity contribution in [1.29, 1.82) is 0 Å². The lowest BCUT2D eigenvalue weighted by molar-refractivity contribution is -0.398. The fraction of sp³-hybridized carbons (Fsp3) is 0.125. The summed E-state index contributed by atoms with van der Waals surface area (Å²) in [7, 11) is 1.54. The molecular formula is C16H14N3O6-. The van der Waals surface area contributed by atoms with Crippen molar-refractivity contribution in [2.75, 3.05) is 13.7 Å². The van der Waals surface area contributed by atoms with E-state index in [9.17, 15) is 20.0 Å². The van der Waals surface area contributed by atoms with Gasteiger partial charge in [0.1, 0.15) is 11.5 Å². The monoisotopic (exact) mass is 344 g/mol. The second-order valence-corrected chi connectivity index (χ2v) is 4.74. The molecular weight excluding hydrogens is 330 g/mol. The fourth-order valence-corrected chi connectivity index (χ4v) is 1.79. The summed E-state index contributed by atoms with van der Waals surface area (Å²) in [5.74, 6) is -0.0535. The molecule has 2 aromatic carbocycles. The highest BCUT2D eigenvalue weighted by atomic mass is 16.6. The predicted molar refractivity (Wildman–Crippen MR) is 86.8 cm³/mol. The first kappa shape index (κ1) is 17.7. The number of carbonyl (C=O) groups is 1. The lowest BCUT2D eigenvalue weighted by Crippen LogP contribution is -2.24. The SMILES string of the molecule is COc1ccc(OCC(=O)N/N=C\c2ccc([O-])c([N+](=O)[O-])c2)cc1. The summed E-state index contributed by atoms with van der Waals surface area (Å²) >= 11 is 0. The molecule has 0 fully saturated rings. The number of hydrogen-bond donors (Lipinski definition) is 1.